The fourth-order valence-corrected chi connectivity index (χ4v) is 4.38. The lowest BCUT2D eigenvalue weighted by Crippen LogP contribution is -2.51. The van der Waals surface area contributed by atoms with Crippen molar-refractivity contribution < 1.29 is 5.11 Å². The molecule has 1 N–H and O–H groups in total. The molecule has 0 spiro atoms. The molecule has 21 heavy (non-hydrogen) atoms. The van der Waals surface area contributed by atoms with Gasteiger partial charge in [0.15, 0.2) is 0 Å². The van der Waals surface area contributed by atoms with Crippen LogP contribution in [-0.4, -0.2) is 59.8 Å². The molecule has 0 bridgehead atoms. The molecule has 2 fully saturated rings. The maximum Gasteiger partial charge on any atom is 0.0695 e. The van der Waals surface area contributed by atoms with Gasteiger partial charge < -0.3 is 5.11 Å². The van der Waals surface area contributed by atoms with E-state index in [4.69, 9.17) is 0 Å². The predicted molar refractivity (Wildman–Crippen MR) is 89.5 cm³/mol. The second-order valence-electron chi connectivity index (χ2n) is 8.37. The Morgan fingerprint density at radius 3 is 2.52 bits per heavy atom. The molecule has 1 saturated carbocycles. The Hall–Kier alpha value is -0.120. The molecule has 4 atom stereocenters. The number of hydrogen-bond donors (Lipinski definition) is 1. The van der Waals surface area contributed by atoms with Gasteiger partial charge in [0.05, 0.1) is 6.10 Å². The average Bonchev–Trinajstić information content (AvgIpc) is 2.84. The molecule has 2 aliphatic rings. The van der Waals surface area contributed by atoms with Crippen molar-refractivity contribution in [2.24, 2.45) is 11.3 Å². The highest BCUT2D eigenvalue weighted by Crippen LogP contribution is 2.39. The number of likely N-dealkylation sites (tertiary alicyclic amines) is 1. The van der Waals surface area contributed by atoms with E-state index in [1.165, 1.54) is 25.8 Å². The SMILES string of the molecule is CCN1CCCC1CN(C)C1CC(C(C)(C)C)CCC1O. The summed E-state index contributed by atoms with van der Waals surface area (Å²) in [6.45, 7) is 12.9. The molecule has 0 aromatic heterocycles. The van der Waals surface area contributed by atoms with E-state index in [1.54, 1.807) is 0 Å². The Labute approximate surface area is 131 Å². The van der Waals surface area contributed by atoms with Crippen LogP contribution in [0.15, 0.2) is 0 Å². The van der Waals surface area contributed by atoms with Crippen LogP contribution in [0.1, 0.15) is 59.8 Å². The Morgan fingerprint density at radius 2 is 1.90 bits per heavy atom. The Balaban J connectivity index is 1.94. The number of likely N-dealkylation sites (N-methyl/N-ethyl adjacent to an activating group) is 2. The van der Waals surface area contributed by atoms with E-state index >= 15 is 0 Å². The van der Waals surface area contributed by atoms with Gasteiger partial charge in [-0.2, -0.15) is 0 Å². The fourth-order valence-electron chi connectivity index (χ4n) is 4.38. The fraction of sp³-hybridized carbons (Fsp3) is 1.00. The van der Waals surface area contributed by atoms with Gasteiger partial charge in [-0.1, -0.05) is 27.7 Å². The quantitative estimate of drug-likeness (QED) is 0.864. The lowest BCUT2D eigenvalue weighted by Gasteiger charge is -2.44. The number of nitrogens with zero attached hydrogens (tertiary/aromatic N) is 2. The van der Waals surface area contributed by atoms with Crippen molar-refractivity contribution in [3.63, 3.8) is 0 Å². The summed E-state index contributed by atoms with van der Waals surface area (Å²) in [6, 6.07) is 1.05. The average molecular weight is 296 g/mol. The molecule has 1 saturated heterocycles. The smallest absolute Gasteiger partial charge is 0.0695 e. The second kappa shape index (κ2) is 6.97. The molecule has 3 nitrogen and oxygen atoms in total. The van der Waals surface area contributed by atoms with Crippen molar-refractivity contribution in [1.29, 1.82) is 0 Å². The van der Waals surface area contributed by atoms with Gasteiger partial charge in [0.1, 0.15) is 0 Å². The van der Waals surface area contributed by atoms with E-state index in [2.05, 4.69) is 44.5 Å². The van der Waals surface area contributed by atoms with Gasteiger partial charge in [-0.15, -0.1) is 0 Å². The van der Waals surface area contributed by atoms with Crippen LogP contribution in [0.2, 0.25) is 0 Å². The monoisotopic (exact) mass is 296 g/mol. The molecule has 2 rings (SSSR count). The van der Waals surface area contributed by atoms with Gasteiger partial charge in [-0.3, -0.25) is 9.80 Å². The van der Waals surface area contributed by atoms with E-state index in [-0.39, 0.29) is 6.10 Å². The standard InChI is InChI=1S/C18H36N2O/c1-6-20-11-7-8-15(20)13-19(5)16-12-14(18(2,3)4)9-10-17(16)21/h14-17,21H,6-13H2,1-5H3. The molecular formula is C18H36N2O. The highest BCUT2D eigenvalue weighted by molar-refractivity contribution is 4.91. The minimum Gasteiger partial charge on any atom is -0.391 e. The van der Waals surface area contributed by atoms with Crippen molar-refractivity contribution in [3.05, 3.63) is 0 Å². The van der Waals surface area contributed by atoms with Crippen LogP contribution in [-0.2, 0) is 0 Å². The van der Waals surface area contributed by atoms with Gasteiger partial charge in [0.25, 0.3) is 0 Å². The van der Waals surface area contributed by atoms with E-state index in [1.807, 2.05) is 0 Å². The van der Waals surface area contributed by atoms with Crippen molar-refractivity contribution in [1.82, 2.24) is 9.80 Å². The van der Waals surface area contributed by atoms with Gasteiger partial charge >= 0.3 is 0 Å². The second-order valence-corrected chi connectivity index (χ2v) is 8.37. The van der Waals surface area contributed by atoms with Crippen LogP contribution in [0, 0.1) is 11.3 Å². The highest BCUT2D eigenvalue weighted by atomic mass is 16.3. The van der Waals surface area contributed by atoms with E-state index in [9.17, 15) is 5.11 Å². The predicted octanol–water partition coefficient (Wildman–Crippen LogP) is 2.98. The lowest BCUT2D eigenvalue weighted by atomic mass is 9.70. The summed E-state index contributed by atoms with van der Waals surface area (Å²) in [4.78, 5) is 5.06. The van der Waals surface area contributed by atoms with E-state index in [0.29, 0.717) is 17.5 Å². The first-order valence-electron chi connectivity index (χ1n) is 8.95. The van der Waals surface area contributed by atoms with Crippen molar-refractivity contribution in [2.75, 3.05) is 26.7 Å². The summed E-state index contributed by atoms with van der Waals surface area (Å²) in [5, 5.41) is 10.5. The molecule has 0 aromatic carbocycles. The maximum atomic E-state index is 10.5. The first kappa shape index (κ1) is 17.2. The van der Waals surface area contributed by atoms with Gasteiger partial charge in [-0.25, -0.2) is 0 Å². The lowest BCUT2D eigenvalue weighted by molar-refractivity contribution is -0.0137. The molecule has 1 aliphatic heterocycles. The zero-order valence-corrected chi connectivity index (χ0v) is 14.8. The first-order valence-corrected chi connectivity index (χ1v) is 8.95. The molecule has 1 aliphatic carbocycles. The van der Waals surface area contributed by atoms with E-state index < -0.39 is 0 Å². The zero-order chi connectivity index (χ0) is 15.6. The Bertz CT molecular complexity index is 326. The number of hydrogen-bond acceptors (Lipinski definition) is 3. The summed E-state index contributed by atoms with van der Waals surface area (Å²) in [7, 11) is 2.23. The van der Waals surface area contributed by atoms with Gasteiger partial charge in [-0.05, 0) is 63.6 Å². The molecule has 0 aromatic rings. The summed E-state index contributed by atoms with van der Waals surface area (Å²) in [5.74, 6) is 0.735. The topological polar surface area (TPSA) is 26.7 Å². The molecule has 0 amide bonds. The molecule has 124 valence electrons. The minimum atomic E-state index is -0.134. The van der Waals surface area contributed by atoms with Crippen LogP contribution >= 0.6 is 0 Å². The van der Waals surface area contributed by atoms with Crippen LogP contribution in [0.3, 0.4) is 0 Å². The summed E-state index contributed by atoms with van der Waals surface area (Å²) in [6.07, 6.45) is 5.83. The zero-order valence-electron chi connectivity index (χ0n) is 14.8. The minimum absolute atomic E-state index is 0.134. The summed E-state index contributed by atoms with van der Waals surface area (Å²) in [5.41, 5.74) is 0.363. The largest absolute Gasteiger partial charge is 0.391 e. The molecule has 4 unspecified atom stereocenters. The highest BCUT2D eigenvalue weighted by Gasteiger charge is 2.38. The third kappa shape index (κ3) is 4.20. The third-order valence-corrected chi connectivity index (χ3v) is 5.98. The van der Waals surface area contributed by atoms with Gasteiger partial charge in [0.2, 0.25) is 0 Å². The normalized spacial score (nSPS) is 35.6. The van der Waals surface area contributed by atoms with Gasteiger partial charge in [0, 0.05) is 18.6 Å². The van der Waals surface area contributed by atoms with Crippen LogP contribution < -0.4 is 0 Å². The Morgan fingerprint density at radius 1 is 1.19 bits per heavy atom. The molecule has 0 radical (unpaired) electrons. The number of aliphatic hydroxyl groups excluding tert-OH is 1. The van der Waals surface area contributed by atoms with Crippen LogP contribution in [0.5, 0.6) is 0 Å². The summed E-state index contributed by atoms with van der Waals surface area (Å²) < 4.78 is 0. The van der Waals surface area contributed by atoms with E-state index in [0.717, 1.165) is 31.8 Å². The third-order valence-electron chi connectivity index (χ3n) is 5.98. The number of aliphatic hydroxyl groups is 1. The first-order chi connectivity index (χ1) is 9.82. The maximum absolute atomic E-state index is 10.5. The van der Waals surface area contributed by atoms with Crippen molar-refractivity contribution >= 4 is 0 Å². The Kier molecular flexibility index (Phi) is 5.72. The number of rotatable bonds is 4. The van der Waals surface area contributed by atoms with Crippen LogP contribution in [0.4, 0.5) is 0 Å². The molecule has 1 heterocycles. The summed E-state index contributed by atoms with van der Waals surface area (Å²) >= 11 is 0. The van der Waals surface area contributed by atoms with Crippen molar-refractivity contribution in [2.45, 2.75) is 78.0 Å². The molecule has 3 heteroatoms. The van der Waals surface area contributed by atoms with Crippen molar-refractivity contribution in [3.8, 4) is 0 Å². The molecular weight excluding hydrogens is 260 g/mol. The van der Waals surface area contributed by atoms with Crippen LogP contribution in [0.25, 0.3) is 0 Å².